The van der Waals surface area contributed by atoms with Gasteiger partial charge in [0.25, 0.3) is 0 Å². The number of hydrogen-bond donors (Lipinski definition) is 0. The van der Waals surface area contributed by atoms with E-state index in [1.54, 1.807) is 0 Å². The Morgan fingerprint density at radius 2 is 1.68 bits per heavy atom. The van der Waals surface area contributed by atoms with E-state index in [0.717, 1.165) is 12.1 Å². The van der Waals surface area contributed by atoms with Crippen molar-refractivity contribution in [1.82, 2.24) is 0 Å². The quantitative estimate of drug-likeness (QED) is 0.523. The van der Waals surface area contributed by atoms with E-state index >= 15 is 0 Å². The van der Waals surface area contributed by atoms with E-state index in [4.69, 9.17) is 23.2 Å². The standard InChI is InChI=1S/C13H5BrCl2F2O/c14-8-5-11(17)7(4-10(8)16)13(19)6-1-2-9(15)12(18)3-6/h1-5H. The van der Waals surface area contributed by atoms with Crippen LogP contribution in [0.5, 0.6) is 0 Å². The first kappa shape index (κ1) is 14.4. The normalized spacial score (nSPS) is 10.6. The van der Waals surface area contributed by atoms with Crippen molar-refractivity contribution in [2.75, 3.05) is 0 Å². The van der Waals surface area contributed by atoms with Crippen LogP contribution in [0.2, 0.25) is 10.0 Å². The van der Waals surface area contributed by atoms with Gasteiger partial charge in [0.15, 0.2) is 5.78 Å². The van der Waals surface area contributed by atoms with Crippen LogP contribution >= 0.6 is 39.1 Å². The molecule has 2 aromatic carbocycles. The van der Waals surface area contributed by atoms with Crippen molar-refractivity contribution >= 4 is 44.9 Å². The minimum absolute atomic E-state index is 0.000751. The van der Waals surface area contributed by atoms with Gasteiger partial charge in [-0.1, -0.05) is 23.2 Å². The van der Waals surface area contributed by atoms with Crippen LogP contribution in [0.15, 0.2) is 34.8 Å². The summed E-state index contributed by atoms with van der Waals surface area (Å²) in [5.74, 6) is -2.14. The van der Waals surface area contributed by atoms with Crippen LogP contribution in [0.1, 0.15) is 15.9 Å². The molecule has 0 bridgehead atoms. The lowest BCUT2D eigenvalue weighted by molar-refractivity contribution is 0.103. The molecule has 0 aliphatic rings. The largest absolute Gasteiger partial charge is 0.288 e. The first-order chi connectivity index (χ1) is 8.90. The molecule has 0 aliphatic heterocycles. The third kappa shape index (κ3) is 2.96. The maximum absolute atomic E-state index is 13.7. The second kappa shape index (κ2) is 5.57. The molecule has 0 amide bonds. The zero-order valence-electron chi connectivity index (χ0n) is 9.18. The van der Waals surface area contributed by atoms with Gasteiger partial charge in [0, 0.05) is 10.0 Å². The molecule has 0 atom stereocenters. The smallest absolute Gasteiger partial charge is 0.196 e. The summed E-state index contributed by atoms with van der Waals surface area (Å²) in [6.45, 7) is 0. The highest BCUT2D eigenvalue weighted by atomic mass is 79.9. The first-order valence-corrected chi connectivity index (χ1v) is 6.59. The molecule has 0 aliphatic carbocycles. The van der Waals surface area contributed by atoms with Crippen molar-refractivity contribution in [3.63, 3.8) is 0 Å². The highest BCUT2D eigenvalue weighted by molar-refractivity contribution is 9.10. The van der Waals surface area contributed by atoms with Gasteiger partial charge in [0.1, 0.15) is 11.6 Å². The number of hydrogen-bond acceptors (Lipinski definition) is 1. The molecule has 0 N–H and O–H groups in total. The topological polar surface area (TPSA) is 17.1 Å². The van der Waals surface area contributed by atoms with Crippen molar-refractivity contribution in [2.24, 2.45) is 0 Å². The Kier molecular flexibility index (Phi) is 4.23. The molecule has 0 radical (unpaired) electrons. The van der Waals surface area contributed by atoms with Crippen LogP contribution in [0.3, 0.4) is 0 Å². The Bertz CT molecular complexity index is 674. The predicted molar refractivity (Wildman–Crippen MR) is 74.0 cm³/mol. The van der Waals surface area contributed by atoms with Crippen molar-refractivity contribution in [1.29, 1.82) is 0 Å². The molecule has 0 saturated carbocycles. The molecule has 19 heavy (non-hydrogen) atoms. The first-order valence-electron chi connectivity index (χ1n) is 5.04. The van der Waals surface area contributed by atoms with E-state index in [0.29, 0.717) is 4.47 Å². The van der Waals surface area contributed by atoms with Crippen molar-refractivity contribution in [3.8, 4) is 0 Å². The zero-order valence-corrected chi connectivity index (χ0v) is 12.3. The van der Waals surface area contributed by atoms with E-state index in [1.807, 2.05) is 0 Å². The fourth-order valence-electron chi connectivity index (χ4n) is 1.49. The molecule has 6 heteroatoms. The summed E-state index contributed by atoms with van der Waals surface area (Å²) in [6, 6.07) is 5.79. The van der Waals surface area contributed by atoms with Gasteiger partial charge >= 0.3 is 0 Å². The van der Waals surface area contributed by atoms with Crippen LogP contribution in [-0.4, -0.2) is 5.78 Å². The van der Waals surface area contributed by atoms with Crippen LogP contribution in [0, 0.1) is 11.6 Å². The summed E-state index contributed by atoms with van der Waals surface area (Å²) in [7, 11) is 0. The minimum Gasteiger partial charge on any atom is -0.288 e. The van der Waals surface area contributed by atoms with E-state index in [-0.39, 0.29) is 21.2 Å². The monoisotopic (exact) mass is 364 g/mol. The summed E-state index contributed by atoms with van der Waals surface area (Å²) in [5.41, 5.74) is -0.228. The molecule has 0 spiro atoms. The lowest BCUT2D eigenvalue weighted by Crippen LogP contribution is -2.05. The summed E-state index contributed by atoms with van der Waals surface area (Å²) in [5, 5.41) is 0.0880. The second-order valence-electron chi connectivity index (χ2n) is 3.70. The van der Waals surface area contributed by atoms with Gasteiger partial charge in [-0.25, -0.2) is 8.78 Å². The molecule has 2 rings (SSSR count). The van der Waals surface area contributed by atoms with Gasteiger partial charge in [-0.15, -0.1) is 0 Å². The molecule has 2 aromatic rings. The fraction of sp³-hybridized carbons (Fsp3) is 0. The van der Waals surface area contributed by atoms with Gasteiger partial charge < -0.3 is 0 Å². The Hall–Kier alpha value is -0.970. The molecule has 0 unspecified atom stereocenters. The number of halogens is 5. The third-order valence-electron chi connectivity index (χ3n) is 2.44. The molecular formula is C13H5BrCl2F2O. The zero-order chi connectivity index (χ0) is 14.2. The summed E-state index contributed by atoms with van der Waals surface area (Å²) >= 11 is 14.4. The third-order valence-corrected chi connectivity index (χ3v) is 3.94. The van der Waals surface area contributed by atoms with Crippen molar-refractivity contribution < 1.29 is 13.6 Å². The Morgan fingerprint density at radius 3 is 2.32 bits per heavy atom. The minimum atomic E-state index is -0.740. The Balaban J connectivity index is 2.49. The molecule has 1 nitrogen and oxygen atoms in total. The molecule has 0 fully saturated rings. The number of carbonyl (C=O) groups excluding carboxylic acids is 1. The van der Waals surface area contributed by atoms with E-state index in [9.17, 15) is 13.6 Å². The summed E-state index contributed by atoms with van der Waals surface area (Å²) in [6.07, 6.45) is 0. The van der Waals surface area contributed by atoms with E-state index in [1.165, 1.54) is 18.2 Å². The average molecular weight is 366 g/mol. The second-order valence-corrected chi connectivity index (χ2v) is 5.37. The maximum Gasteiger partial charge on any atom is 0.196 e. The van der Waals surface area contributed by atoms with Gasteiger partial charge in [-0.2, -0.15) is 0 Å². The van der Waals surface area contributed by atoms with E-state index < -0.39 is 17.4 Å². The highest BCUT2D eigenvalue weighted by Gasteiger charge is 2.17. The molecule has 98 valence electrons. The summed E-state index contributed by atoms with van der Waals surface area (Å²) < 4.78 is 27.3. The summed E-state index contributed by atoms with van der Waals surface area (Å²) in [4.78, 5) is 12.1. The Morgan fingerprint density at radius 1 is 1.00 bits per heavy atom. The van der Waals surface area contributed by atoms with Crippen molar-refractivity contribution in [2.45, 2.75) is 0 Å². The maximum atomic E-state index is 13.7. The number of carbonyl (C=O) groups is 1. The van der Waals surface area contributed by atoms with Crippen LogP contribution in [0.4, 0.5) is 8.78 Å². The van der Waals surface area contributed by atoms with Gasteiger partial charge in [-0.3, -0.25) is 4.79 Å². The average Bonchev–Trinajstić information content (AvgIpc) is 2.36. The lowest BCUT2D eigenvalue weighted by atomic mass is 10.0. The van der Waals surface area contributed by atoms with Crippen LogP contribution < -0.4 is 0 Å². The van der Waals surface area contributed by atoms with Crippen molar-refractivity contribution in [3.05, 3.63) is 67.6 Å². The number of ketones is 1. The van der Waals surface area contributed by atoms with Crippen LogP contribution in [0.25, 0.3) is 0 Å². The number of rotatable bonds is 2. The number of benzene rings is 2. The SMILES string of the molecule is O=C(c1ccc(Cl)c(F)c1)c1cc(Cl)c(Br)cc1F. The molecular weight excluding hydrogens is 361 g/mol. The van der Waals surface area contributed by atoms with Gasteiger partial charge in [0.2, 0.25) is 0 Å². The molecule has 0 saturated heterocycles. The fourth-order valence-corrected chi connectivity index (χ4v) is 2.09. The van der Waals surface area contributed by atoms with Gasteiger partial charge in [0.05, 0.1) is 15.6 Å². The van der Waals surface area contributed by atoms with E-state index in [2.05, 4.69) is 15.9 Å². The highest BCUT2D eigenvalue weighted by Crippen LogP contribution is 2.27. The lowest BCUT2D eigenvalue weighted by Gasteiger charge is -2.05. The Labute approximate surface area is 126 Å². The van der Waals surface area contributed by atoms with Crippen LogP contribution in [-0.2, 0) is 0 Å². The molecule has 0 heterocycles. The predicted octanol–water partition coefficient (Wildman–Crippen LogP) is 5.27. The molecule has 0 aromatic heterocycles. The van der Waals surface area contributed by atoms with Gasteiger partial charge in [-0.05, 0) is 46.3 Å².